The molecule has 2 saturated heterocycles. The Bertz CT molecular complexity index is 1760. The summed E-state index contributed by atoms with van der Waals surface area (Å²) in [6, 6.07) is 16.9. The third-order valence-corrected chi connectivity index (χ3v) is 10.7. The SMILES string of the molecule is COc1cc(O)cc(OC)c1[C@H]1C2=CC[C@@H]3C(=O)N(c4ccc(Br)cc4)C(=O)[C@@H]3[C@@H]2C[C@H]2C(=O)N(c3ccc(Br)cc3)C(=O)[C@@H]12. The smallest absolute Gasteiger partial charge is 0.238 e. The number of halogens is 2. The summed E-state index contributed by atoms with van der Waals surface area (Å²) >= 11 is 6.83. The minimum absolute atomic E-state index is 0.0823. The number of carbonyl (C=O) groups excluding carboxylic acids is 4. The highest BCUT2D eigenvalue weighted by Gasteiger charge is 2.63. The van der Waals surface area contributed by atoms with Crippen LogP contribution < -0.4 is 19.3 Å². The van der Waals surface area contributed by atoms with Crippen LogP contribution in [0.3, 0.4) is 0 Å². The van der Waals surface area contributed by atoms with Crippen molar-refractivity contribution in [2.24, 2.45) is 29.6 Å². The lowest BCUT2D eigenvalue weighted by Gasteiger charge is -2.44. The van der Waals surface area contributed by atoms with Gasteiger partial charge >= 0.3 is 0 Å². The molecule has 2 aliphatic carbocycles. The summed E-state index contributed by atoms with van der Waals surface area (Å²) in [5.74, 6) is -4.86. The first-order chi connectivity index (χ1) is 21.6. The van der Waals surface area contributed by atoms with Crippen molar-refractivity contribution in [3.63, 3.8) is 0 Å². The van der Waals surface area contributed by atoms with Crippen LogP contribution in [0.4, 0.5) is 11.4 Å². The molecule has 3 aromatic carbocycles. The lowest BCUT2D eigenvalue weighted by Crippen LogP contribution is -2.43. The Hall–Kier alpha value is -3.96. The second-order valence-electron chi connectivity index (χ2n) is 11.8. The fourth-order valence-electron chi connectivity index (χ4n) is 7.83. The Morgan fingerprint density at radius 1 is 0.689 bits per heavy atom. The van der Waals surface area contributed by atoms with Gasteiger partial charge in [-0.3, -0.25) is 29.0 Å². The van der Waals surface area contributed by atoms with Crippen LogP contribution in [0.15, 0.2) is 81.3 Å². The fraction of sp³-hybridized carbons (Fsp3) is 0.294. The second-order valence-corrected chi connectivity index (χ2v) is 13.6. The first kappa shape index (κ1) is 29.7. The molecule has 2 heterocycles. The number of hydrogen-bond donors (Lipinski definition) is 1. The number of allylic oxidation sites excluding steroid dienone is 2. The topological polar surface area (TPSA) is 113 Å². The van der Waals surface area contributed by atoms with Crippen LogP contribution in [0.5, 0.6) is 17.2 Å². The molecule has 6 atom stereocenters. The van der Waals surface area contributed by atoms with Crippen LogP contribution in [-0.4, -0.2) is 43.0 Å². The summed E-state index contributed by atoms with van der Waals surface area (Å²) in [7, 11) is 2.93. The molecule has 0 radical (unpaired) electrons. The standard InChI is InChI=1S/C34H28Br2N2O7/c1-44-25-13-20(39)14-26(45-2)30(25)28-21-11-12-22-27(33(42)37(31(22)40)18-7-3-16(35)4-8-18)23(21)15-24-29(28)34(43)38(32(24)41)19-9-5-17(36)6-10-19/h3-11,13-14,22-24,27-29,39H,12,15H2,1-2H3/t22-,23+,24+,27-,28-,29+/m0/s1. The van der Waals surface area contributed by atoms with E-state index in [4.69, 9.17) is 9.47 Å². The normalized spacial score (nSPS) is 27.2. The number of nitrogens with zero attached hydrogens (tertiary/aromatic N) is 2. The van der Waals surface area contributed by atoms with E-state index in [2.05, 4.69) is 31.9 Å². The molecule has 2 aliphatic heterocycles. The van der Waals surface area contributed by atoms with Gasteiger partial charge < -0.3 is 14.6 Å². The van der Waals surface area contributed by atoms with Gasteiger partial charge in [-0.25, -0.2) is 0 Å². The molecule has 230 valence electrons. The van der Waals surface area contributed by atoms with Crippen molar-refractivity contribution in [1.29, 1.82) is 0 Å². The van der Waals surface area contributed by atoms with Gasteiger partial charge in [0.25, 0.3) is 0 Å². The molecule has 4 aliphatic rings. The van der Waals surface area contributed by atoms with Gasteiger partial charge in [0.1, 0.15) is 17.2 Å². The summed E-state index contributed by atoms with van der Waals surface area (Å²) in [6.45, 7) is 0. The first-order valence-electron chi connectivity index (χ1n) is 14.6. The van der Waals surface area contributed by atoms with E-state index in [1.165, 1.54) is 36.2 Å². The minimum atomic E-state index is -0.817. The molecule has 1 N–H and O–H groups in total. The van der Waals surface area contributed by atoms with E-state index in [0.717, 1.165) is 14.5 Å². The molecule has 4 amide bonds. The number of hydrogen-bond acceptors (Lipinski definition) is 7. The van der Waals surface area contributed by atoms with E-state index in [1.807, 2.05) is 6.08 Å². The Labute approximate surface area is 276 Å². The zero-order chi connectivity index (χ0) is 31.7. The Morgan fingerprint density at radius 3 is 1.69 bits per heavy atom. The van der Waals surface area contributed by atoms with E-state index in [0.29, 0.717) is 34.9 Å². The predicted octanol–water partition coefficient (Wildman–Crippen LogP) is 5.98. The number of rotatable bonds is 5. The van der Waals surface area contributed by atoms with Gasteiger partial charge in [0, 0.05) is 32.6 Å². The third kappa shape index (κ3) is 4.53. The summed E-state index contributed by atoms with van der Waals surface area (Å²) in [5, 5.41) is 10.4. The Kier molecular flexibility index (Phi) is 7.36. The molecule has 9 nitrogen and oxygen atoms in total. The maximum absolute atomic E-state index is 14.4. The van der Waals surface area contributed by atoms with E-state index in [1.54, 1.807) is 48.5 Å². The number of amides is 4. The van der Waals surface area contributed by atoms with Gasteiger partial charge in [0.05, 0.1) is 49.3 Å². The van der Waals surface area contributed by atoms with Crippen molar-refractivity contribution >= 4 is 66.9 Å². The van der Waals surface area contributed by atoms with Crippen molar-refractivity contribution in [1.82, 2.24) is 0 Å². The van der Waals surface area contributed by atoms with E-state index in [-0.39, 0.29) is 35.8 Å². The third-order valence-electron chi connectivity index (χ3n) is 9.66. The molecule has 0 aromatic heterocycles. The summed E-state index contributed by atoms with van der Waals surface area (Å²) < 4.78 is 13.1. The highest BCUT2D eigenvalue weighted by atomic mass is 79.9. The largest absolute Gasteiger partial charge is 0.508 e. The van der Waals surface area contributed by atoms with Crippen LogP contribution >= 0.6 is 31.9 Å². The highest BCUT2D eigenvalue weighted by Crippen LogP contribution is 2.61. The average molecular weight is 736 g/mol. The molecular formula is C34H28Br2N2O7. The summed E-state index contributed by atoms with van der Waals surface area (Å²) in [5.41, 5.74) is 2.26. The highest BCUT2D eigenvalue weighted by molar-refractivity contribution is 9.10. The van der Waals surface area contributed by atoms with Gasteiger partial charge in [-0.1, -0.05) is 43.5 Å². The number of fused-ring (bicyclic) bond motifs is 4. The summed E-state index contributed by atoms with van der Waals surface area (Å²) in [6.07, 6.45) is 2.51. The second kappa shape index (κ2) is 11.1. The van der Waals surface area contributed by atoms with Crippen molar-refractivity contribution in [3.8, 4) is 17.2 Å². The molecule has 7 rings (SSSR count). The minimum Gasteiger partial charge on any atom is -0.508 e. The molecule has 11 heteroatoms. The van der Waals surface area contributed by atoms with Gasteiger partial charge in [0.15, 0.2) is 0 Å². The van der Waals surface area contributed by atoms with E-state index >= 15 is 0 Å². The zero-order valence-electron chi connectivity index (χ0n) is 24.3. The predicted molar refractivity (Wildman–Crippen MR) is 172 cm³/mol. The van der Waals surface area contributed by atoms with Crippen LogP contribution in [0.1, 0.15) is 24.3 Å². The Morgan fingerprint density at radius 2 is 1.18 bits per heavy atom. The quantitative estimate of drug-likeness (QED) is 0.254. The van der Waals surface area contributed by atoms with E-state index in [9.17, 15) is 24.3 Å². The number of anilines is 2. The molecule has 3 aromatic rings. The number of phenols is 1. The first-order valence-corrected chi connectivity index (χ1v) is 16.1. The maximum Gasteiger partial charge on any atom is 0.238 e. The molecule has 0 unspecified atom stereocenters. The van der Waals surface area contributed by atoms with Crippen LogP contribution in [0.25, 0.3) is 0 Å². The number of imide groups is 2. The fourth-order valence-corrected chi connectivity index (χ4v) is 8.36. The lowest BCUT2D eigenvalue weighted by atomic mass is 9.57. The number of ether oxygens (including phenoxy) is 2. The van der Waals surface area contributed by atoms with Crippen LogP contribution in [0.2, 0.25) is 0 Å². The van der Waals surface area contributed by atoms with E-state index < -0.39 is 35.5 Å². The molecule has 3 fully saturated rings. The number of phenolic OH excluding ortho intramolecular Hbond substituents is 1. The van der Waals surface area contributed by atoms with Crippen molar-refractivity contribution < 1.29 is 33.8 Å². The number of aromatic hydroxyl groups is 1. The number of methoxy groups -OCH3 is 2. The van der Waals surface area contributed by atoms with Crippen molar-refractivity contribution in [2.75, 3.05) is 24.0 Å². The molecule has 1 saturated carbocycles. The average Bonchev–Trinajstić information content (AvgIpc) is 3.44. The van der Waals surface area contributed by atoms with Crippen LogP contribution in [-0.2, 0) is 19.2 Å². The van der Waals surface area contributed by atoms with Gasteiger partial charge in [-0.2, -0.15) is 0 Å². The lowest BCUT2D eigenvalue weighted by molar-refractivity contribution is -0.126. The molecule has 0 spiro atoms. The zero-order valence-corrected chi connectivity index (χ0v) is 27.4. The molecule has 45 heavy (non-hydrogen) atoms. The van der Waals surface area contributed by atoms with Crippen molar-refractivity contribution in [3.05, 3.63) is 86.8 Å². The van der Waals surface area contributed by atoms with Crippen LogP contribution in [0, 0.1) is 29.6 Å². The number of carbonyl (C=O) groups is 4. The van der Waals surface area contributed by atoms with Gasteiger partial charge in [0.2, 0.25) is 23.6 Å². The summed E-state index contributed by atoms with van der Waals surface area (Å²) in [4.78, 5) is 59.0. The van der Waals surface area contributed by atoms with Crippen molar-refractivity contribution in [2.45, 2.75) is 18.8 Å². The maximum atomic E-state index is 14.4. The molecular weight excluding hydrogens is 708 g/mol. The van der Waals surface area contributed by atoms with Gasteiger partial charge in [-0.15, -0.1) is 0 Å². The number of benzene rings is 3. The molecule has 0 bridgehead atoms. The van der Waals surface area contributed by atoms with Gasteiger partial charge in [-0.05, 0) is 67.3 Å². The Balaban J connectivity index is 1.38. The monoisotopic (exact) mass is 734 g/mol.